The summed E-state index contributed by atoms with van der Waals surface area (Å²) in [6, 6.07) is 10.3. The average molecular weight is 318 g/mol. The van der Waals surface area contributed by atoms with Crippen molar-refractivity contribution in [3.8, 4) is 6.07 Å². The largest absolute Gasteiger partial charge is 0.371 e. The number of nitrogens with zero attached hydrogens (tertiary/aromatic N) is 2. The van der Waals surface area contributed by atoms with E-state index < -0.39 is 0 Å². The minimum atomic E-state index is 0.270. The van der Waals surface area contributed by atoms with Gasteiger partial charge >= 0.3 is 0 Å². The molecule has 24 heavy (non-hydrogen) atoms. The molecule has 1 aromatic carbocycles. The molecule has 0 amide bonds. The van der Waals surface area contributed by atoms with Crippen LogP contribution in [0.2, 0.25) is 0 Å². The van der Waals surface area contributed by atoms with Gasteiger partial charge in [-0.05, 0) is 53.9 Å². The van der Waals surface area contributed by atoms with Crippen LogP contribution in [0, 0.1) is 16.7 Å². The Morgan fingerprint density at radius 2 is 1.88 bits per heavy atom. The standard InChI is InChI=1S/C22H26N2/c1-17(19-8-12-22(2,3)13-9-19)24-14-10-21(11-15-24)20-6-4-18(16-23)5-7-20/h4-9,12,21H,1,10-11,13-15H2,2-3H3. The van der Waals surface area contributed by atoms with E-state index >= 15 is 0 Å². The number of hydrogen-bond acceptors (Lipinski definition) is 2. The molecule has 0 atom stereocenters. The zero-order chi connectivity index (χ0) is 17.2. The predicted molar refractivity (Wildman–Crippen MR) is 99.5 cm³/mol. The van der Waals surface area contributed by atoms with Gasteiger partial charge in [-0.15, -0.1) is 0 Å². The van der Waals surface area contributed by atoms with Gasteiger partial charge in [-0.3, -0.25) is 0 Å². The van der Waals surface area contributed by atoms with Gasteiger partial charge in [0.1, 0.15) is 0 Å². The van der Waals surface area contributed by atoms with Crippen LogP contribution in [0.5, 0.6) is 0 Å². The first kappa shape index (κ1) is 16.6. The van der Waals surface area contributed by atoms with E-state index in [2.05, 4.69) is 61.8 Å². The van der Waals surface area contributed by atoms with Crippen LogP contribution in [0.3, 0.4) is 0 Å². The van der Waals surface area contributed by atoms with Crippen molar-refractivity contribution in [1.82, 2.24) is 4.90 Å². The third-order valence-electron chi connectivity index (χ3n) is 5.28. The van der Waals surface area contributed by atoms with Gasteiger partial charge in [-0.25, -0.2) is 0 Å². The maximum absolute atomic E-state index is 8.91. The quantitative estimate of drug-likeness (QED) is 0.769. The number of rotatable bonds is 3. The molecule has 2 aliphatic rings. The molecule has 1 aliphatic heterocycles. The minimum absolute atomic E-state index is 0.270. The summed E-state index contributed by atoms with van der Waals surface area (Å²) in [6.45, 7) is 11.0. The summed E-state index contributed by atoms with van der Waals surface area (Å²) in [6.07, 6.45) is 10.2. The summed E-state index contributed by atoms with van der Waals surface area (Å²) >= 11 is 0. The molecule has 1 fully saturated rings. The van der Waals surface area contributed by atoms with Gasteiger partial charge in [0.05, 0.1) is 11.6 Å². The molecule has 0 spiro atoms. The summed E-state index contributed by atoms with van der Waals surface area (Å²) in [5, 5.41) is 8.91. The fraction of sp³-hybridized carbons (Fsp3) is 0.409. The second kappa shape index (κ2) is 6.69. The molecular formula is C22H26N2. The van der Waals surface area contributed by atoms with Gasteiger partial charge in [-0.2, -0.15) is 5.26 Å². The van der Waals surface area contributed by atoms with Crippen molar-refractivity contribution in [2.75, 3.05) is 13.1 Å². The van der Waals surface area contributed by atoms with E-state index in [1.54, 1.807) is 0 Å². The molecule has 1 heterocycles. The Labute approximate surface area is 145 Å². The lowest BCUT2D eigenvalue weighted by molar-refractivity contribution is 0.268. The van der Waals surface area contributed by atoms with Crippen molar-refractivity contribution in [3.05, 3.63) is 71.5 Å². The molecule has 0 aromatic heterocycles. The Balaban J connectivity index is 1.59. The molecular weight excluding hydrogens is 292 g/mol. The van der Waals surface area contributed by atoms with Crippen molar-refractivity contribution < 1.29 is 0 Å². The average Bonchev–Trinajstić information content (AvgIpc) is 2.61. The Hall–Kier alpha value is -2.27. The normalized spacial score (nSPS) is 20.4. The Morgan fingerprint density at radius 1 is 1.21 bits per heavy atom. The first-order valence-electron chi connectivity index (χ1n) is 8.82. The highest BCUT2D eigenvalue weighted by Gasteiger charge is 2.24. The zero-order valence-corrected chi connectivity index (χ0v) is 14.8. The number of nitriles is 1. The Kier molecular flexibility index (Phi) is 4.62. The fourth-order valence-electron chi connectivity index (χ4n) is 3.53. The van der Waals surface area contributed by atoms with Gasteiger partial charge in [-0.1, -0.05) is 50.8 Å². The second-order valence-corrected chi connectivity index (χ2v) is 7.63. The van der Waals surface area contributed by atoms with Crippen LogP contribution in [-0.2, 0) is 0 Å². The Morgan fingerprint density at radius 3 is 2.42 bits per heavy atom. The topological polar surface area (TPSA) is 27.0 Å². The first-order valence-corrected chi connectivity index (χ1v) is 8.82. The monoisotopic (exact) mass is 318 g/mol. The van der Waals surface area contributed by atoms with Crippen LogP contribution in [0.25, 0.3) is 0 Å². The van der Waals surface area contributed by atoms with Crippen LogP contribution in [0.15, 0.2) is 60.3 Å². The van der Waals surface area contributed by atoms with E-state index in [1.807, 2.05) is 12.1 Å². The van der Waals surface area contributed by atoms with Crippen molar-refractivity contribution in [2.24, 2.45) is 5.41 Å². The van der Waals surface area contributed by atoms with Gasteiger partial charge in [0.15, 0.2) is 0 Å². The fourth-order valence-corrected chi connectivity index (χ4v) is 3.53. The van der Waals surface area contributed by atoms with E-state index in [-0.39, 0.29) is 5.41 Å². The number of piperidine rings is 1. The van der Waals surface area contributed by atoms with Crippen LogP contribution in [-0.4, -0.2) is 18.0 Å². The zero-order valence-electron chi connectivity index (χ0n) is 14.8. The third kappa shape index (κ3) is 3.62. The lowest BCUT2D eigenvalue weighted by Gasteiger charge is -2.36. The molecule has 1 aromatic rings. The number of likely N-dealkylation sites (tertiary alicyclic amines) is 1. The maximum atomic E-state index is 8.91. The minimum Gasteiger partial charge on any atom is -0.371 e. The molecule has 0 unspecified atom stereocenters. The highest BCUT2D eigenvalue weighted by Crippen LogP contribution is 2.34. The molecule has 2 heteroatoms. The highest BCUT2D eigenvalue weighted by atomic mass is 15.1. The van der Waals surface area contributed by atoms with E-state index in [9.17, 15) is 0 Å². The predicted octanol–water partition coefficient (Wildman–Crippen LogP) is 5.16. The van der Waals surface area contributed by atoms with Gasteiger partial charge in [0.2, 0.25) is 0 Å². The molecule has 0 radical (unpaired) electrons. The van der Waals surface area contributed by atoms with Gasteiger partial charge in [0.25, 0.3) is 0 Å². The summed E-state index contributed by atoms with van der Waals surface area (Å²) in [4.78, 5) is 2.43. The highest BCUT2D eigenvalue weighted by molar-refractivity contribution is 5.40. The smallest absolute Gasteiger partial charge is 0.0991 e. The summed E-state index contributed by atoms with van der Waals surface area (Å²) in [5.74, 6) is 0.594. The number of allylic oxidation sites excluding steroid dienone is 3. The lowest BCUT2D eigenvalue weighted by atomic mass is 9.83. The molecule has 124 valence electrons. The van der Waals surface area contributed by atoms with Crippen molar-refractivity contribution >= 4 is 0 Å². The Bertz CT molecular complexity index is 705. The molecule has 0 N–H and O–H groups in total. The molecule has 0 bridgehead atoms. The van der Waals surface area contributed by atoms with Crippen LogP contribution >= 0.6 is 0 Å². The van der Waals surface area contributed by atoms with Gasteiger partial charge in [0, 0.05) is 18.8 Å². The number of hydrogen-bond donors (Lipinski definition) is 0. The van der Waals surface area contributed by atoms with E-state index in [0.29, 0.717) is 5.92 Å². The van der Waals surface area contributed by atoms with E-state index in [4.69, 9.17) is 5.26 Å². The van der Waals surface area contributed by atoms with Crippen molar-refractivity contribution in [3.63, 3.8) is 0 Å². The summed E-state index contributed by atoms with van der Waals surface area (Å²) < 4.78 is 0. The molecule has 0 saturated carbocycles. The van der Waals surface area contributed by atoms with E-state index in [1.165, 1.54) is 16.8 Å². The SMILES string of the molecule is C=C(C1=CCC(C)(C)C=C1)N1CCC(c2ccc(C#N)cc2)CC1. The van der Waals surface area contributed by atoms with Gasteiger partial charge < -0.3 is 4.90 Å². The molecule has 1 aliphatic carbocycles. The lowest BCUT2D eigenvalue weighted by Crippen LogP contribution is -2.32. The third-order valence-corrected chi connectivity index (χ3v) is 5.28. The van der Waals surface area contributed by atoms with Crippen molar-refractivity contribution in [2.45, 2.75) is 39.0 Å². The summed E-state index contributed by atoms with van der Waals surface area (Å²) in [5.41, 5.74) is 4.82. The van der Waals surface area contributed by atoms with Crippen LogP contribution in [0.1, 0.15) is 50.2 Å². The maximum Gasteiger partial charge on any atom is 0.0991 e. The molecule has 2 nitrogen and oxygen atoms in total. The van der Waals surface area contributed by atoms with Crippen LogP contribution < -0.4 is 0 Å². The number of benzene rings is 1. The van der Waals surface area contributed by atoms with E-state index in [0.717, 1.165) is 37.9 Å². The molecule has 3 rings (SSSR count). The first-order chi connectivity index (χ1) is 11.5. The van der Waals surface area contributed by atoms with Crippen molar-refractivity contribution in [1.29, 1.82) is 5.26 Å². The molecule has 1 saturated heterocycles. The second-order valence-electron chi connectivity index (χ2n) is 7.63. The summed E-state index contributed by atoms with van der Waals surface area (Å²) in [7, 11) is 0. The van der Waals surface area contributed by atoms with Crippen LogP contribution in [0.4, 0.5) is 0 Å².